The van der Waals surface area contributed by atoms with Gasteiger partial charge in [-0.15, -0.1) is 0 Å². The third kappa shape index (κ3) is 2.27. The molecule has 3 nitrogen and oxygen atoms in total. The third-order valence-electron chi connectivity index (χ3n) is 4.39. The molecule has 118 valence electrons. The van der Waals surface area contributed by atoms with Crippen LogP contribution >= 0.6 is 11.6 Å². The highest BCUT2D eigenvalue weighted by molar-refractivity contribution is 6.36. The minimum atomic E-state index is -0.264. The van der Waals surface area contributed by atoms with Crippen LogP contribution in [0.2, 0.25) is 5.02 Å². The van der Waals surface area contributed by atoms with E-state index in [2.05, 4.69) is 0 Å². The van der Waals surface area contributed by atoms with Gasteiger partial charge in [-0.25, -0.2) is 4.90 Å². The zero-order chi connectivity index (χ0) is 16.7. The number of hydrogen-bond donors (Lipinski definition) is 0. The van der Waals surface area contributed by atoms with Gasteiger partial charge in [-0.3, -0.25) is 9.59 Å². The lowest BCUT2D eigenvalue weighted by atomic mass is 10.0. The van der Waals surface area contributed by atoms with Gasteiger partial charge < -0.3 is 0 Å². The summed E-state index contributed by atoms with van der Waals surface area (Å²) in [6, 6.07) is 9.11. The number of aryl methyl sites for hydroxylation is 2. The summed E-state index contributed by atoms with van der Waals surface area (Å²) in [4.78, 5) is 27.1. The van der Waals surface area contributed by atoms with Crippen molar-refractivity contribution in [1.29, 1.82) is 0 Å². The second-order valence-electron chi connectivity index (χ2n) is 5.68. The van der Waals surface area contributed by atoms with Crippen molar-refractivity contribution in [1.82, 2.24) is 0 Å². The third-order valence-corrected chi connectivity index (χ3v) is 4.74. The Morgan fingerprint density at radius 2 is 1.74 bits per heavy atom. The molecule has 2 aromatic rings. The number of carbonyl (C=O) groups is 2. The first-order chi connectivity index (χ1) is 11.0. The fourth-order valence-electron chi connectivity index (χ4n) is 3.22. The topological polar surface area (TPSA) is 37.4 Å². The van der Waals surface area contributed by atoms with E-state index < -0.39 is 0 Å². The van der Waals surface area contributed by atoms with Crippen LogP contribution < -0.4 is 4.90 Å². The molecule has 0 N–H and O–H groups in total. The number of amides is 2. The van der Waals surface area contributed by atoms with E-state index in [9.17, 15) is 9.59 Å². The van der Waals surface area contributed by atoms with Crippen molar-refractivity contribution in [3.05, 3.63) is 63.2 Å². The van der Waals surface area contributed by atoms with Crippen molar-refractivity contribution in [2.45, 2.75) is 33.6 Å². The van der Waals surface area contributed by atoms with E-state index in [4.69, 9.17) is 11.6 Å². The minimum absolute atomic E-state index is 0.255. The Kier molecular flexibility index (Phi) is 3.99. The van der Waals surface area contributed by atoms with Crippen LogP contribution in [0.4, 0.5) is 5.69 Å². The maximum absolute atomic E-state index is 12.9. The monoisotopic (exact) mass is 327 g/mol. The first kappa shape index (κ1) is 15.8. The number of rotatable bonds is 3. The number of imide groups is 1. The number of hydrogen-bond acceptors (Lipinski definition) is 2. The second kappa shape index (κ2) is 5.82. The lowest BCUT2D eigenvalue weighted by Crippen LogP contribution is -2.31. The smallest absolute Gasteiger partial charge is 0.266 e. The molecule has 4 heteroatoms. The fourth-order valence-corrected chi connectivity index (χ4v) is 3.50. The highest BCUT2D eigenvalue weighted by atomic mass is 35.5. The number of nitrogens with zero attached hydrogens (tertiary/aromatic N) is 1. The Labute approximate surface area is 140 Å². The molecule has 2 amide bonds. The molecule has 2 aromatic carbocycles. The van der Waals surface area contributed by atoms with E-state index in [-0.39, 0.29) is 11.8 Å². The van der Waals surface area contributed by atoms with Gasteiger partial charge in [-0.2, -0.15) is 0 Å². The van der Waals surface area contributed by atoms with Gasteiger partial charge in [0.05, 0.1) is 16.8 Å². The molecule has 0 saturated heterocycles. The van der Waals surface area contributed by atoms with E-state index in [1.807, 2.05) is 45.0 Å². The highest BCUT2D eigenvalue weighted by Crippen LogP contribution is 2.38. The molecule has 0 spiro atoms. The van der Waals surface area contributed by atoms with E-state index in [0.717, 1.165) is 23.1 Å². The Balaban J connectivity index is 2.26. The molecular formula is C19H18ClNO2. The average Bonchev–Trinajstić information content (AvgIpc) is 2.79. The van der Waals surface area contributed by atoms with Crippen LogP contribution in [0.5, 0.6) is 0 Å². The normalized spacial score (nSPS) is 13.7. The van der Waals surface area contributed by atoms with Crippen LogP contribution in [-0.2, 0) is 12.8 Å². The molecule has 0 radical (unpaired) electrons. The molecule has 0 fully saturated rings. The predicted octanol–water partition coefficient (Wildman–Crippen LogP) is 4.57. The minimum Gasteiger partial charge on any atom is -0.268 e. The summed E-state index contributed by atoms with van der Waals surface area (Å²) in [7, 11) is 0. The second-order valence-corrected chi connectivity index (χ2v) is 6.09. The quantitative estimate of drug-likeness (QED) is 0.774. The summed E-state index contributed by atoms with van der Waals surface area (Å²) in [6.45, 7) is 5.84. The molecule has 1 heterocycles. The van der Waals surface area contributed by atoms with Gasteiger partial charge in [0.25, 0.3) is 11.8 Å². The molecule has 0 saturated carbocycles. The van der Waals surface area contributed by atoms with Gasteiger partial charge in [-0.05, 0) is 48.6 Å². The van der Waals surface area contributed by atoms with Gasteiger partial charge in [0.2, 0.25) is 0 Å². The van der Waals surface area contributed by atoms with Gasteiger partial charge >= 0.3 is 0 Å². The summed E-state index contributed by atoms with van der Waals surface area (Å²) < 4.78 is 0. The van der Waals surface area contributed by atoms with Gasteiger partial charge in [0, 0.05) is 5.02 Å². The highest BCUT2D eigenvalue weighted by Gasteiger charge is 2.39. The van der Waals surface area contributed by atoms with Crippen molar-refractivity contribution >= 4 is 29.1 Å². The van der Waals surface area contributed by atoms with Crippen molar-refractivity contribution in [3.63, 3.8) is 0 Å². The molecule has 0 bridgehead atoms. The van der Waals surface area contributed by atoms with Crippen LogP contribution in [0, 0.1) is 6.92 Å². The number of anilines is 1. The molecule has 0 unspecified atom stereocenters. The van der Waals surface area contributed by atoms with Crippen LogP contribution in [0.15, 0.2) is 30.3 Å². The first-order valence-corrected chi connectivity index (χ1v) is 8.17. The predicted molar refractivity (Wildman–Crippen MR) is 92.5 cm³/mol. The standard InChI is InChI=1S/C19H18ClNO2/c1-4-12-9-10-15(20)13(5-2)17(12)21-18(22)14-8-6-7-11(3)16(14)19(21)23/h6-10H,4-5H2,1-3H3. The summed E-state index contributed by atoms with van der Waals surface area (Å²) in [6.07, 6.45) is 1.39. The van der Waals surface area contributed by atoms with Crippen molar-refractivity contribution in [2.24, 2.45) is 0 Å². The average molecular weight is 328 g/mol. The van der Waals surface area contributed by atoms with E-state index in [1.165, 1.54) is 4.90 Å². The van der Waals surface area contributed by atoms with E-state index in [0.29, 0.717) is 28.3 Å². The summed E-state index contributed by atoms with van der Waals surface area (Å²) >= 11 is 6.33. The van der Waals surface area contributed by atoms with Crippen LogP contribution in [0.1, 0.15) is 51.3 Å². The summed E-state index contributed by atoms with van der Waals surface area (Å²) in [5, 5.41) is 0.591. The summed E-state index contributed by atoms with van der Waals surface area (Å²) in [5.41, 5.74) is 4.26. The van der Waals surface area contributed by atoms with Gasteiger partial charge in [0.1, 0.15) is 0 Å². The molecule has 23 heavy (non-hydrogen) atoms. The SMILES string of the molecule is CCc1ccc(Cl)c(CC)c1N1C(=O)c2cccc(C)c2C1=O. The molecule has 1 aliphatic rings. The number of carbonyl (C=O) groups excluding carboxylic acids is 2. The molecule has 1 aliphatic heterocycles. The molecule has 0 aromatic heterocycles. The van der Waals surface area contributed by atoms with Crippen molar-refractivity contribution in [3.8, 4) is 0 Å². The van der Waals surface area contributed by atoms with Crippen LogP contribution in [0.3, 0.4) is 0 Å². The maximum Gasteiger partial charge on any atom is 0.266 e. The van der Waals surface area contributed by atoms with E-state index in [1.54, 1.807) is 6.07 Å². The Bertz CT molecular complexity index is 826. The maximum atomic E-state index is 12.9. The summed E-state index contributed by atoms with van der Waals surface area (Å²) in [5.74, 6) is -0.518. The van der Waals surface area contributed by atoms with Gasteiger partial charge in [0.15, 0.2) is 0 Å². The molecule has 3 rings (SSSR count). The van der Waals surface area contributed by atoms with Crippen molar-refractivity contribution < 1.29 is 9.59 Å². The first-order valence-electron chi connectivity index (χ1n) is 7.79. The number of halogens is 1. The zero-order valence-electron chi connectivity index (χ0n) is 13.4. The number of fused-ring (bicyclic) bond motifs is 1. The molecule has 0 atom stereocenters. The van der Waals surface area contributed by atoms with Crippen molar-refractivity contribution in [2.75, 3.05) is 4.90 Å². The Morgan fingerprint density at radius 1 is 1.00 bits per heavy atom. The van der Waals surface area contributed by atoms with Crippen LogP contribution in [0.25, 0.3) is 0 Å². The Hall–Kier alpha value is -2.13. The van der Waals surface area contributed by atoms with E-state index >= 15 is 0 Å². The number of benzene rings is 2. The lowest BCUT2D eigenvalue weighted by Gasteiger charge is -2.22. The molecular weight excluding hydrogens is 310 g/mol. The fraction of sp³-hybridized carbons (Fsp3) is 0.263. The van der Waals surface area contributed by atoms with Crippen LogP contribution in [-0.4, -0.2) is 11.8 Å². The van der Waals surface area contributed by atoms with Gasteiger partial charge in [-0.1, -0.05) is 43.6 Å². The lowest BCUT2D eigenvalue weighted by molar-refractivity contribution is 0.0925. The largest absolute Gasteiger partial charge is 0.268 e. The zero-order valence-corrected chi connectivity index (χ0v) is 14.2. The molecule has 0 aliphatic carbocycles. The Morgan fingerprint density at radius 3 is 2.35 bits per heavy atom.